The number of esters is 2. The lowest BCUT2D eigenvalue weighted by atomic mass is 9.52. The number of allylic oxidation sites excluding steroid dienone is 1. The summed E-state index contributed by atoms with van der Waals surface area (Å²) in [6, 6.07) is 23.9. The molecule has 2 aliphatic heterocycles. The number of aliphatic hydroxyl groups is 2. The maximum absolute atomic E-state index is 14.3. The Hall–Kier alpha value is -5.18. The van der Waals surface area contributed by atoms with Gasteiger partial charge in [0.2, 0.25) is 17.6 Å². The van der Waals surface area contributed by atoms with Crippen molar-refractivity contribution < 1.29 is 53.1 Å². The van der Waals surface area contributed by atoms with Crippen molar-refractivity contribution in [2.75, 3.05) is 6.61 Å². The van der Waals surface area contributed by atoms with E-state index in [1.807, 2.05) is 72.8 Å². The Balaban J connectivity index is 1.02. The largest absolute Gasteiger partial charge is 0.460 e. The molecule has 5 aliphatic rings. The summed E-state index contributed by atoms with van der Waals surface area (Å²) in [5.41, 5.74) is 3.90. The predicted octanol–water partition coefficient (Wildman–Crippen LogP) is 7.47. The van der Waals surface area contributed by atoms with Gasteiger partial charge in [0.05, 0.1) is 36.0 Å². The second-order valence-electron chi connectivity index (χ2n) is 21.3. The highest BCUT2D eigenvalue weighted by Gasteiger charge is 2.57. The van der Waals surface area contributed by atoms with Gasteiger partial charge < -0.3 is 44.5 Å². The van der Waals surface area contributed by atoms with Gasteiger partial charge in [0, 0.05) is 29.5 Å². The van der Waals surface area contributed by atoms with Crippen molar-refractivity contribution in [1.29, 1.82) is 0 Å². The van der Waals surface area contributed by atoms with Crippen LogP contribution in [0, 0.1) is 17.3 Å². The quantitative estimate of drug-likeness (QED) is 0.0930. The second-order valence-corrected chi connectivity index (χ2v) is 21.3. The number of fused-ring (bicyclic) bond motifs is 3. The Labute approximate surface area is 400 Å². The maximum Gasteiger partial charge on any atom is 0.338 e. The summed E-state index contributed by atoms with van der Waals surface area (Å²) >= 11 is 0. The van der Waals surface area contributed by atoms with E-state index < -0.39 is 78.2 Å². The summed E-state index contributed by atoms with van der Waals surface area (Å²) in [4.78, 5) is 54.4. The Morgan fingerprint density at radius 1 is 0.882 bits per heavy atom. The molecule has 0 aromatic heterocycles. The third-order valence-corrected chi connectivity index (χ3v) is 14.6. The van der Waals surface area contributed by atoms with E-state index in [1.165, 1.54) is 12.5 Å². The fourth-order valence-corrected chi connectivity index (χ4v) is 10.8. The van der Waals surface area contributed by atoms with E-state index >= 15 is 0 Å². The fraction of sp³-hybridized carbons (Fsp3) is 0.527. The van der Waals surface area contributed by atoms with Crippen LogP contribution in [0.4, 0.5) is 0 Å². The van der Waals surface area contributed by atoms with Gasteiger partial charge in [-0.25, -0.2) is 4.79 Å². The topological polar surface area (TPSA) is 182 Å². The molecule has 2 saturated heterocycles. The third-order valence-electron chi connectivity index (χ3n) is 14.6. The zero-order chi connectivity index (χ0) is 48.6. The minimum Gasteiger partial charge on any atom is -0.460 e. The number of amides is 2. The first-order valence-corrected chi connectivity index (χ1v) is 24.3. The molecule has 0 radical (unpaired) electrons. The number of epoxide rings is 1. The van der Waals surface area contributed by atoms with Crippen molar-refractivity contribution in [3.05, 3.63) is 124 Å². The average Bonchev–Trinajstić information content (AvgIpc) is 3.75. The van der Waals surface area contributed by atoms with Crippen molar-refractivity contribution in [3.63, 3.8) is 0 Å². The minimum absolute atomic E-state index is 0.000845. The highest BCUT2D eigenvalue weighted by Crippen LogP contribution is 2.60. The molecule has 10 atom stereocenters. The van der Waals surface area contributed by atoms with Gasteiger partial charge in [-0.3, -0.25) is 14.4 Å². The Morgan fingerprint density at radius 3 is 2.15 bits per heavy atom. The van der Waals surface area contributed by atoms with Gasteiger partial charge in [-0.05, 0) is 114 Å². The normalized spacial score (nSPS) is 28.8. The molecule has 2 heterocycles. The number of nitrogens with one attached hydrogen (secondary N) is 2. The lowest BCUT2D eigenvalue weighted by Crippen LogP contribution is -2.55. The third kappa shape index (κ3) is 10.8. The molecule has 8 rings (SSSR count). The monoisotopic (exact) mass is 932 g/mol. The van der Waals surface area contributed by atoms with E-state index in [0.717, 1.165) is 37.7 Å². The summed E-state index contributed by atoms with van der Waals surface area (Å²) in [5, 5.41) is 26.2. The molecule has 0 bridgehead atoms. The summed E-state index contributed by atoms with van der Waals surface area (Å²) < 4.78 is 31.6. The van der Waals surface area contributed by atoms with Crippen molar-refractivity contribution in [2.45, 2.75) is 159 Å². The molecule has 2 saturated carbocycles. The number of rotatable bonds is 14. The van der Waals surface area contributed by atoms with Crippen LogP contribution in [-0.2, 0) is 43.9 Å². The highest BCUT2D eigenvalue weighted by molar-refractivity contribution is 5.98. The van der Waals surface area contributed by atoms with E-state index in [4.69, 9.17) is 23.7 Å². The Kier molecular flexibility index (Phi) is 14.2. The molecule has 10 unspecified atom stereocenters. The summed E-state index contributed by atoms with van der Waals surface area (Å²) in [6.07, 6.45) is 5.37. The van der Waals surface area contributed by atoms with Gasteiger partial charge in [-0.2, -0.15) is 0 Å². The van der Waals surface area contributed by atoms with E-state index in [0.29, 0.717) is 34.6 Å². The molecular formula is C55H68N2O11. The smallest absolute Gasteiger partial charge is 0.338 e. The van der Waals surface area contributed by atoms with Crippen LogP contribution in [0.5, 0.6) is 0 Å². The lowest BCUT2D eigenvalue weighted by molar-refractivity contribution is -0.157. The first-order chi connectivity index (χ1) is 32.3. The number of carbonyl (C=O) groups is 4. The van der Waals surface area contributed by atoms with E-state index in [9.17, 15) is 29.4 Å². The standard InChI is InChI=1S/C55H68N2O11/c1-33(59)47(50(62)56-40(32-58)23-25-46(60)67-52(2,3)4)57-49(61)37-29-43(48-44(30-37)65-55(68-48,38-14-10-8-11-15-38)39-16-12-9-13-17-39)64-51(63)35-20-18-34(19-21-35)28-36-22-24-45-54(7,66-45)27-26-42-41(36)31-53(42,5)6/h8-21,28,30,33,40-45,47-48,58-59H,22-27,29,31-32H2,1-7H3,(H,56,62)(H,57,61). The van der Waals surface area contributed by atoms with Crippen LogP contribution in [0.1, 0.15) is 127 Å². The van der Waals surface area contributed by atoms with Gasteiger partial charge in [0.15, 0.2) is 0 Å². The first kappa shape index (κ1) is 49.2. The first-order valence-electron chi connectivity index (χ1n) is 24.3. The molecule has 3 aromatic rings. The molecule has 3 aliphatic carbocycles. The lowest BCUT2D eigenvalue weighted by Gasteiger charge is -2.53. The molecule has 13 nitrogen and oxygen atoms in total. The highest BCUT2D eigenvalue weighted by atomic mass is 16.8. The van der Waals surface area contributed by atoms with Gasteiger partial charge in [0.1, 0.15) is 30.0 Å². The van der Waals surface area contributed by atoms with Crippen LogP contribution in [0.25, 0.3) is 6.08 Å². The van der Waals surface area contributed by atoms with Crippen molar-refractivity contribution in [2.24, 2.45) is 17.3 Å². The van der Waals surface area contributed by atoms with Crippen molar-refractivity contribution in [3.8, 4) is 0 Å². The van der Waals surface area contributed by atoms with Crippen LogP contribution in [-0.4, -0.2) is 94.4 Å². The van der Waals surface area contributed by atoms with Crippen LogP contribution in [0.2, 0.25) is 0 Å². The van der Waals surface area contributed by atoms with Gasteiger partial charge in [-0.1, -0.05) is 98.3 Å². The van der Waals surface area contributed by atoms with Gasteiger partial charge in [-0.15, -0.1) is 0 Å². The summed E-state index contributed by atoms with van der Waals surface area (Å²) in [6.45, 7) is 13.1. The average molecular weight is 933 g/mol. The maximum atomic E-state index is 14.3. The molecule has 2 amide bonds. The fourth-order valence-electron chi connectivity index (χ4n) is 10.8. The molecule has 13 heteroatoms. The van der Waals surface area contributed by atoms with E-state index in [2.05, 4.69) is 37.5 Å². The molecule has 364 valence electrons. The van der Waals surface area contributed by atoms with Crippen molar-refractivity contribution in [1.82, 2.24) is 10.6 Å². The van der Waals surface area contributed by atoms with Gasteiger partial charge >= 0.3 is 11.9 Å². The van der Waals surface area contributed by atoms with Gasteiger partial charge in [0.25, 0.3) is 0 Å². The predicted molar refractivity (Wildman–Crippen MR) is 255 cm³/mol. The number of hydrogen-bond donors (Lipinski definition) is 4. The van der Waals surface area contributed by atoms with E-state index in [1.54, 1.807) is 39.0 Å². The zero-order valence-electron chi connectivity index (χ0n) is 40.4. The van der Waals surface area contributed by atoms with Crippen LogP contribution < -0.4 is 10.6 Å². The Morgan fingerprint density at radius 2 is 1.54 bits per heavy atom. The van der Waals surface area contributed by atoms with Crippen LogP contribution >= 0.6 is 0 Å². The number of ether oxygens (including phenoxy) is 5. The second kappa shape index (κ2) is 19.7. The summed E-state index contributed by atoms with van der Waals surface area (Å²) in [7, 11) is 0. The number of benzene rings is 3. The SMILES string of the molecule is CC(O)C(NC(=O)C1=CC2OC(c3ccccc3)(c3ccccc3)OC2C(OC(=O)c2ccc(C=C3CCC4OC4(C)CCC4C3CC4(C)C)cc2)C1)C(=O)NC(CO)CCC(=O)OC(C)(C)C. The molecule has 0 spiro atoms. The molecule has 3 aromatic carbocycles. The van der Waals surface area contributed by atoms with Crippen molar-refractivity contribution >= 4 is 29.8 Å². The zero-order valence-corrected chi connectivity index (χ0v) is 40.4. The van der Waals surface area contributed by atoms with E-state index in [-0.39, 0.29) is 35.9 Å². The van der Waals surface area contributed by atoms with Crippen LogP contribution in [0.15, 0.2) is 102 Å². The number of aliphatic hydroxyl groups excluding tert-OH is 2. The molecule has 4 fully saturated rings. The summed E-state index contributed by atoms with van der Waals surface area (Å²) in [5.74, 6) is -2.86. The molecule has 68 heavy (non-hydrogen) atoms. The molecular weight excluding hydrogens is 865 g/mol. The Bertz CT molecular complexity index is 2330. The molecule has 4 N–H and O–H groups in total. The number of carbonyl (C=O) groups excluding carboxylic acids is 4. The minimum atomic E-state index is -1.45. The van der Waals surface area contributed by atoms with Crippen LogP contribution in [0.3, 0.4) is 0 Å². The number of hydrogen-bond acceptors (Lipinski definition) is 11.